The van der Waals surface area contributed by atoms with Gasteiger partial charge in [-0.1, -0.05) is 23.7 Å². The van der Waals surface area contributed by atoms with Gasteiger partial charge in [0.2, 0.25) is 0 Å². The molecular formula is C10H11ClN4. The van der Waals surface area contributed by atoms with Gasteiger partial charge in [0.25, 0.3) is 0 Å². The summed E-state index contributed by atoms with van der Waals surface area (Å²) in [6, 6.07) is 7.57. The molecule has 0 bridgehead atoms. The van der Waals surface area contributed by atoms with E-state index < -0.39 is 0 Å². The molecule has 0 radical (unpaired) electrons. The van der Waals surface area contributed by atoms with E-state index in [9.17, 15) is 0 Å². The van der Waals surface area contributed by atoms with Gasteiger partial charge in [-0.3, -0.25) is 4.57 Å². The van der Waals surface area contributed by atoms with Gasteiger partial charge in [0, 0.05) is 6.42 Å². The summed E-state index contributed by atoms with van der Waals surface area (Å²) in [5.74, 6) is 0.825. The third kappa shape index (κ3) is 2.00. The van der Waals surface area contributed by atoms with Crippen LogP contribution in [0.1, 0.15) is 5.82 Å². The van der Waals surface area contributed by atoms with Crippen LogP contribution in [0, 0.1) is 0 Å². The summed E-state index contributed by atoms with van der Waals surface area (Å²) in [5, 5.41) is 8.53. The third-order valence-corrected chi connectivity index (χ3v) is 2.42. The number of aromatic nitrogens is 3. The topological polar surface area (TPSA) is 56.7 Å². The molecule has 0 unspecified atom stereocenters. The molecule has 5 heteroatoms. The first kappa shape index (κ1) is 10.1. The van der Waals surface area contributed by atoms with E-state index in [4.69, 9.17) is 17.3 Å². The molecule has 2 aromatic rings. The van der Waals surface area contributed by atoms with Crippen LogP contribution in [0.15, 0.2) is 30.6 Å². The predicted molar refractivity (Wildman–Crippen MR) is 59.1 cm³/mol. The van der Waals surface area contributed by atoms with E-state index in [-0.39, 0.29) is 0 Å². The lowest BCUT2D eigenvalue weighted by Gasteiger charge is -2.07. The zero-order valence-corrected chi connectivity index (χ0v) is 8.85. The van der Waals surface area contributed by atoms with Gasteiger partial charge in [0.15, 0.2) is 0 Å². The number of benzene rings is 1. The minimum atomic E-state index is 0.545. The van der Waals surface area contributed by atoms with Gasteiger partial charge in [0.1, 0.15) is 12.2 Å². The standard InChI is InChI=1S/C10H11ClN4/c11-8-3-1-2-4-9(8)15-7-13-14-10(15)5-6-12/h1-4,7H,5-6,12H2. The Labute approximate surface area is 92.7 Å². The quantitative estimate of drug-likeness (QED) is 0.855. The van der Waals surface area contributed by atoms with E-state index in [1.165, 1.54) is 0 Å². The molecule has 78 valence electrons. The lowest BCUT2D eigenvalue weighted by Crippen LogP contribution is -2.08. The van der Waals surface area contributed by atoms with Gasteiger partial charge < -0.3 is 5.73 Å². The second-order valence-corrected chi connectivity index (χ2v) is 3.51. The summed E-state index contributed by atoms with van der Waals surface area (Å²) in [7, 11) is 0. The van der Waals surface area contributed by atoms with Gasteiger partial charge in [-0.2, -0.15) is 0 Å². The van der Waals surface area contributed by atoms with Crippen molar-refractivity contribution in [3.8, 4) is 5.69 Å². The minimum Gasteiger partial charge on any atom is -0.330 e. The molecule has 2 rings (SSSR count). The number of halogens is 1. The molecule has 0 saturated heterocycles. The van der Waals surface area contributed by atoms with Crippen LogP contribution >= 0.6 is 11.6 Å². The maximum absolute atomic E-state index is 6.08. The first-order valence-corrected chi connectivity index (χ1v) is 5.04. The Bertz CT molecular complexity index is 452. The summed E-state index contributed by atoms with van der Waals surface area (Å²) in [5.41, 5.74) is 6.37. The van der Waals surface area contributed by atoms with Crippen LogP contribution in [0.25, 0.3) is 5.69 Å². The molecule has 0 amide bonds. The monoisotopic (exact) mass is 222 g/mol. The number of nitrogens with two attached hydrogens (primary N) is 1. The number of hydrogen-bond acceptors (Lipinski definition) is 3. The normalized spacial score (nSPS) is 10.5. The molecule has 0 aliphatic heterocycles. The minimum absolute atomic E-state index is 0.545. The molecule has 0 aliphatic rings. The van der Waals surface area contributed by atoms with Gasteiger partial charge in [-0.25, -0.2) is 0 Å². The number of rotatable bonds is 3. The molecule has 1 aromatic carbocycles. The molecule has 0 aliphatic carbocycles. The first-order chi connectivity index (χ1) is 7.33. The second kappa shape index (κ2) is 4.42. The predicted octanol–water partition coefficient (Wildman–Crippen LogP) is 1.42. The van der Waals surface area contributed by atoms with Crippen molar-refractivity contribution in [1.29, 1.82) is 0 Å². The molecule has 0 spiro atoms. The van der Waals surface area contributed by atoms with Crippen molar-refractivity contribution in [1.82, 2.24) is 14.8 Å². The van der Waals surface area contributed by atoms with Gasteiger partial charge >= 0.3 is 0 Å². The van der Waals surface area contributed by atoms with Gasteiger partial charge in [-0.05, 0) is 18.7 Å². The SMILES string of the molecule is NCCc1nncn1-c1ccccc1Cl. The Morgan fingerprint density at radius 1 is 1.33 bits per heavy atom. The van der Waals surface area contributed by atoms with Crippen LogP contribution in [0.3, 0.4) is 0 Å². The van der Waals surface area contributed by atoms with E-state index in [2.05, 4.69) is 10.2 Å². The highest BCUT2D eigenvalue weighted by Crippen LogP contribution is 2.20. The zero-order chi connectivity index (χ0) is 10.7. The Hall–Kier alpha value is -1.39. The van der Waals surface area contributed by atoms with Crippen molar-refractivity contribution in [3.63, 3.8) is 0 Å². The maximum atomic E-state index is 6.08. The van der Waals surface area contributed by atoms with Crippen LogP contribution in [0.5, 0.6) is 0 Å². The van der Waals surface area contributed by atoms with Gasteiger partial charge in [0.05, 0.1) is 10.7 Å². The molecule has 0 fully saturated rings. The average Bonchev–Trinajstić information content (AvgIpc) is 2.67. The van der Waals surface area contributed by atoms with Crippen molar-refractivity contribution in [2.45, 2.75) is 6.42 Å². The summed E-state index contributed by atoms with van der Waals surface area (Å²) < 4.78 is 1.86. The second-order valence-electron chi connectivity index (χ2n) is 3.11. The van der Waals surface area contributed by atoms with E-state index >= 15 is 0 Å². The lowest BCUT2D eigenvalue weighted by atomic mass is 10.3. The Balaban J connectivity index is 2.45. The average molecular weight is 223 g/mol. The molecule has 15 heavy (non-hydrogen) atoms. The fraction of sp³-hybridized carbons (Fsp3) is 0.200. The van der Waals surface area contributed by atoms with Crippen molar-refractivity contribution in [2.24, 2.45) is 5.73 Å². The largest absolute Gasteiger partial charge is 0.330 e. The number of nitrogens with zero attached hydrogens (tertiary/aromatic N) is 3. The summed E-state index contributed by atoms with van der Waals surface area (Å²) in [6.07, 6.45) is 2.33. The zero-order valence-electron chi connectivity index (χ0n) is 8.10. The van der Waals surface area contributed by atoms with Crippen LogP contribution in [0.4, 0.5) is 0 Å². The van der Waals surface area contributed by atoms with E-state index in [0.29, 0.717) is 18.0 Å². The molecule has 1 heterocycles. The summed E-state index contributed by atoms with van der Waals surface area (Å²) in [6.45, 7) is 0.545. The van der Waals surface area contributed by atoms with E-state index in [1.807, 2.05) is 28.8 Å². The molecule has 0 atom stereocenters. The maximum Gasteiger partial charge on any atom is 0.138 e. The number of para-hydroxylation sites is 1. The van der Waals surface area contributed by atoms with Crippen molar-refractivity contribution in [3.05, 3.63) is 41.4 Å². The molecule has 4 nitrogen and oxygen atoms in total. The summed E-state index contributed by atoms with van der Waals surface area (Å²) in [4.78, 5) is 0. The Morgan fingerprint density at radius 3 is 2.87 bits per heavy atom. The first-order valence-electron chi connectivity index (χ1n) is 4.67. The fourth-order valence-electron chi connectivity index (χ4n) is 1.41. The molecule has 2 N–H and O–H groups in total. The highest BCUT2D eigenvalue weighted by atomic mass is 35.5. The smallest absolute Gasteiger partial charge is 0.138 e. The van der Waals surface area contributed by atoms with E-state index in [0.717, 1.165) is 11.5 Å². The van der Waals surface area contributed by atoms with Crippen LogP contribution in [-0.2, 0) is 6.42 Å². The molecule has 0 saturated carbocycles. The van der Waals surface area contributed by atoms with E-state index in [1.54, 1.807) is 6.33 Å². The number of hydrogen-bond donors (Lipinski definition) is 1. The Morgan fingerprint density at radius 2 is 2.13 bits per heavy atom. The lowest BCUT2D eigenvalue weighted by molar-refractivity contribution is 0.830. The fourth-order valence-corrected chi connectivity index (χ4v) is 1.63. The highest BCUT2D eigenvalue weighted by molar-refractivity contribution is 6.32. The summed E-state index contributed by atoms with van der Waals surface area (Å²) >= 11 is 6.08. The molecule has 1 aromatic heterocycles. The van der Waals surface area contributed by atoms with Crippen molar-refractivity contribution < 1.29 is 0 Å². The van der Waals surface area contributed by atoms with Gasteiger partial charge in [-0.15, -0.1) is 10.2 Å². The van der Waals surface area contributed by atoms with Crippen LogP contribution in [-0.4, -0.2) is 21.3 Å². The highest BCUT2D eigenvalue weighted by Gasteiger charge is 2.07. The van der Waals surface area contributed by atoms with Crippen LogP contribution in [0.2, 0.25) is 5.02 Å². The molecular weight excluding hydrogens is 212 g/mol. The van der Waals surface area contributed by atoms with Crippen LogP contribution < -0.4 is 5.73 Å². The van der Waals surface area contributed by atoms with Crippen molar-refractivity contribution >= 4 is 11.6 Å². The third-order valence-electron chi connectivity index (χ3n) is 2.10. The Kier molecular flexibility index (Phi) is 2.99. The van der Waals surface area contributed by atoms with Crippen molar-refractivity contribution in [2.75, 3.05) is 6.54 Å².